The van der Waals surface area contributed by atoms with Gasteiger partial charge in [0, 0.05) is 50.4 Å². The summed E-state index contributed by atoms with van der Waals surface area (Å²) in [5.41, 5.74) is 4.96. The van der Waals surface area contributed by atoms with Crippen molar-refractivity contribution in [3.05, 3.63) is 59.2 Å². The van der Waals surface area contributed by atoms with E-state index in [4.69, 9.17) is 4.74 Å². The van der Waals surface area contributed by atoms with Gasteiger partial charge in [0.2, 0.25) is 11.8 Å². The van der Waals surface area contributed by atoms with Crippen LogP contribution >= 0.6 is 0 Å². The molecule has 0 atom stereocenters. The highest BCUT2D eigenvalue weighted by molar-refractivity contribution is 5.90. The molecular weight excluding hydrogens is 406 g/mol. The summed E-state index contributed by atoms with van der Waals surface area (Å²) in [5, 5.41) is 12.6. The molecule has 32 heavy (non-hydrogen) atoms. The van der Waals surface area contributed by atoms with Crippen LogP contribution in [0.15, 0.2) is 36.8 Å². The standard InChI is InChI=1S/C23H27N7O2/c1-15-18(16(2)25-22-21(15)23(32-4)28-29(22)3)5-6-20(31)26-19-10-14-30(27-19)13-9-17-7-11-24-12-8-17/h7-8,10-12,14H,5-6,9,13H2,1-4H3,(H,26,27,31). The van der Waals surface area contributed by atoms with E-state index >= 15 is 0 Å². The third-order valence-corrected chi connectivity index (χ3v) is 5.61. The molecule has 0 bridgehead atoms. The zero-order chi connectivity index (χ0) is 22.7. The molecule has 0 unspecified atom stereocenters. The van der Waals surface area contributed by atoms with Gasteiger partial charge in [-0.15, -0.1) is 5.10 Å². The highest BCUT2D eigenvalue weighted by Gasteiger charge is 2.18. The Kier molecular flexibility index (Phi) is 6.16. The number of carbonyl (C=O) groups excluding carboxylic acids is 1. The predicted octanol–water partition coefficient (Wildman–Crippen LogP) is 3.00. The van der Waals surface area contributed by atoms with Crippen LogP contribution in [0.25, 0.3) is 11.0 Å². The largest absolute Gasteiger partial charge is 0.479 e. The lowest BCUT2D eigenvalue weighted by Crippen LogP contribution is -2.14. The van der Waals surface area contributed by atoms with Gasteiger partial charge in [-0.1, -0.05) is 0 Å². The Bertz CT molecular complexity index is 1240. The molecule has 166 valence electrons. The molecule has 9 heteroatoms. The van der Waals surface area contributed by atoms with Crippen molar-refractivity contribution < 1.29 is 9.53 Å². The molecule has 4 heterocycles. The zero-order valence-corrected chi connectivity index (χ0v) is 18.8. The van der Waals surface area contributed by atoms with Crippen molar-refractivity contribution in [3.63, 3.8) is 0 Å². The summed E-state index contributed by atoms with van der Waals surface area (Å²) >= 11 is 0. The number of nitrogens with one attached hydrogen (secondary N) is 1. The Balaban J connectivity index is 1.38. The highest BCUT2D eigenvalue weighted by atomic mass is 16.5. The van der Waals surface area contributed by atoms with Crippen LogP contribution in [0.1, 0.15) is 28.8 Å². The maximum absolute atomic E-state index is 12.6. The first-order chi connectivity index (χ1) is 15.5. The first-order valence-corrected chi connectivity index (χ1v) is 10.5. The Morgan fingerprint density at radius 1 is 1.12 bits per heavy atom. The second-order valence-electron chi connectivity index (χ2n) is 7.75. The van der Waals surface area contributed by atoms with Crippen LogP contribution in [0, 0.1) is 13.8 Å². The summed E-state index contributed by atoms with van der Waals surface area (Å²) in [6, 6.07) is 5.79. The fraction of sp³-hybridized carbons (Fsp3) is 0.348. The van der Waals surface area contributed by atoms with Crippen LogP contribution in [0.5, 0.6) is 5.88 Å². The van der Waals surface area contributed by atoms with Crippen LogP contribution in [0.4, 0.5) is 5.82 Å². The SMILES string of the molecule is COc1nn(C)c2nc(C)c(CCC(=O)Nc3ccn(CCc4ccncc4)n3)c(C)c12. The Morgan fingerprint density at radius 3 is 2.66 bits per heavy atom. The average molecular weight is 434 g/mol. The van der Waals surface area contributed by atoms with E-state index in [0.717, 1.165) is 40.8 Å². The molecule has 1 amide bonds. The molecule has 0 saturated heterocycles. The molecule has 1 N–H and O–H groups in total. The van der Waals surface area contributed by atoms with Gasteiger partial charge < -0.3 is 10.1 Å². The van der Waals surface area contributed by atoms with Gasteiger partial charge >= 0.3 is 0 Å². The monoisotopic (exact) mass is 433 g/mol. The number of aromatic nitrogens is 6. The highest BCUT2D eigenvalue weighted by Crippen LogP contribution is 2.30. The lowest BCUT2D eigenvalue weighted by Gasteiger charge is -2.11. The molecule has 0 aliphatic carbocycles. The summed E-state index contributed by atoms with van der Waals surface area (Å²) in [4.78, 5) is 21.3. The van der Waals surface area contributed by atoms with Crippen LogP contribution in [0.3, 0.4) is 0 Å². The lowest BCUT2D eigenvalue weighted by atomic mass is 10.00. The fourth-order valence-electron chi connectivity index (χ4n) is 3.90. The fourth-order valence-corrected chi connectivity index (χ4v) is 3.90. The van der Waals surface area contributed by atoms with Crippen molar-refractivity contribution >= 4 is 22.8 Å². The molecule has 4 aromatic rings. The average Bonchev–Trinajstić information content (AvgIpc) is 3.36. The molecular formula is C23H27N7O2. The van der Waals surface area contributed by atoms with E-state index in [1.54, 1.807) is 24.2 Å². The summed E-state index contributed by atoms with van der Waals surface area (Å²) in [6.07, 6.45) is 7.20. The predicted molar refractivity (Wildman–Crippen MR) is 122 cm³/mol. The number of hydrogen-bond acceptors (Lipinski definition) is 6. The Morgan fingerprint density at radius 2 is 1.91 bits per heavy atom. The number of ether oxygens (including phenoxy) is 1. The molecule has 0 fully saturated rings. The van der Waals surface area contributed by atoms with Crippen molar-refractivity contribution in [2.75, 3.05) is 12.4 Å². The number of fused-ring (bicyclic) bond motifs is 1. The molecule has 9 nitrogen and oxygen atoms in total. The molecule has 4 rings (SSSR count). The number of amides is 1. The molecule has 0 saturated carbocycles. The quantitative estimate of drug-likeness (QED) is 0.459. The van der Waals surface area contributed by atoms with E-state index < -0.39 is 0 Å². The Hall–Kier alpha value is -3.75. The van der Waals surface area contributed by atoms with Gasteiger partial charge in [0.1, 0.15) is 0 Å². The number of methoxy groups -OCH3 is 1. The number of carbonyl (C=O) groups is 1. The first-order valence-electron chi connectivity index (χ1n) is 10.5. The van der Waals surface area contributed by atoms with Gasteiger partial charge in [-0.05, 0) is 55.5 Å². The summed E-state index contributed by atoms with van der Waals surface area (Å²) < 4.78 is 8.96. The number of rotatable bonds is 8. The van der Waals surface area contributed by atoms with Crippen molar-refractivity contribution in [3.8, 4) is 5.88 Å². The van der Waals surface area contributed by atoms with E-state index in [2.05, 4.69) is 25.5 Å². The maximum atomic E-state index is 12.6. The third kappa shape index (κ3) is 4.46. The molecule has 0 radical (unpaired) electrons. The first kappa shape index (κ1) is 21.5. The van der Waals surface area contributed by atoms with Crippen LogP contribution in [0.2, 0.25) is 0 Å². The summed E-state index contributed by atoms with van der Waals surface area (Å²) in [6.45, 7) is 4.72. The molecule has 0 spiro atoms. The van der Waals surface area contributed by atoms with Crippen LogP contribution in [-0.2, 0) is 31.2 Å². The maximum Gasteiger partial charge on any atom is 0.242 e. The summed E-state index contributed by atoms with van der Waals surface area (Å²) in [5.74, 6) is 1.03. The lowest BCUT2D eigenvalue weighted by molar-refractivity contribution is -0.116. The number of hydrogen-bond donors (Lipinski definition) is 1. The number of pyridine rings is 2. The molecule has 0 aliphatic heterocycles. The minimum Gasteiger partial charge on any atom is -0.479 e. The summed E-state index contributed by atoms with van der Waals surface area (Å²) in [7, 11) is 3.45. The normalized spacial score (nSPS) is 11.1. The van der Waals surface area contributed by atoms with Crippen molar-refractivity contribution in [1.29, 1.82) is 0 Å². The van der Waals surface area contributed by atoms with Gasteiger partial charge in [-0.2, -0.15) is 5.10 Å². The van der Waals surface area contributed by atoms with E-state index in [9.17, 15) is 4.79 Å². The number of anilines is 1. The van der Waals surface area contributed by atoms with E-state index in [0.29, 0.717) is 24.5 Å². The zero-order valence-electron chi connectivity index (χ0n) is 18.8. The van der Waals surface area contributed by atoms with E-state index in [1.165, 1.54) is 5.56 Å². The van der Waals surface area contributed by atoms with E-state index in [-0.39, 0.29) is 5.91 Å². The Labute approximate surface area is 186 Å². The minimum atomic E-state index is -0.0820. The second-order valence-corrected chi connectivity index (χ2v) is 7.75. The van der Waals surface area contributed by atoms with Gasteiger partial charge in [0.05, 0.1) is 12.5 Å². The van der Waals surface area contributed by atoms with Gasteiger partial charge in [0.25, 0.3) is 0 Å². The molecule has 0 aromatic carbocycles. The molecule has 4 aromatic heterocycles. The van der Waals surface area contributed by atoms with Crippen molar-refractivity contribution in [2.45, 2.75) is 39.7 Å². The number of nitrogens with zero attached hydrogens (tertiary/aromatic N) is 6. The topological polar surface area (TPSA) is 99.8 Å². The van der Waals surface area contributed by atoms with Crippen LogP contribution in [-0.4, -0.2) is 42.5 Å². The van der Waals surface area contributed by atoms with Crippen LogP contribution < -0.4 is 10.1 Å². The number of aryl methyl sites for hydroxylation is 5. The second kappa shape index (κ2) is 9.17. The van der Waals surface area contributed by atoms with Gasteiger partial charge in [-0.3, -0.25) is 14.5 Å². The third-order valence-electron chi connectivity index (χ3n) is 5.61. The van der Waals surface area contributed by atoms with Crippen molar-refractivity contribution in [1.82, 2.24) is 29.5 Å². The van der Waals surface area contributed by atoms with Crippen molar-refractivity contribution in [2.24, 2.45) is 7.05 Å². The molecule has 0 aliphatic rings. The van der Waals surface area contributed by atoms with Gasteiger partial charge in [0.15, 0.2) is 11.5 Å². The van der Waals surface area contributed by atoms with Gasteiger partial charge in [-0.25, -0.2) is 9.67 Å². The minimum absolute atomic E-state index is 0.0820. The van der Waals surface area contributed by atoms with E-state index in [1.807, 2.05) is 50.0 Å². The smallest absolute Gasteiger partial charge is 0.242 e.